The van der Waals surface area contributed by atoms with Crippen LogP contribution in [0.15, 0.2) is 24.5 Å². The van der Waals surface area contributed by atoms with Crippen LogP contribution >= 0.6 is 0 Å². The Bertz CT molecular complexity index is 555. The number of carboxylic acid groups (broad SMARTS) is 1. The van der Waals surface area contributed by atoms with Gasteiger partial charge in [-0.1, -0.05) is 0 Å². The van der Waals surface area contributed by atoms with Crippen LogP contribution in [0.3, 0.4) is 0 Å². The summed E-state index contributed by atoms with van der Waals surface area (Å²) in [6.07, 6.45) is 3.28. The molecule has 0 spiro atoms. The van der Waals surface area contributed by atoms with Crippen LogP contribution < -0.4 is 0 Å². The van der Waals surface area contributed by atoms with Crippen LogP contribution in [-0.4, -0.2) is 36.9 Å². The zero-order chi connectivity index (χ0) is 12.0. The van der Waals surface area contributed by atoms with E-state index in [4.69, 9.17) is 5.11 Å². The molecule has 17 heavy (non-hydrogen) atoms. The maximum absolute atomic E-state index is 10.9. The molecule has 6 nitrogen and oxygen atoms in total. The Morgan fingerprint density at radius 3 is 2.88 bits per heavy atom. The minimum atomic E-state index is -1.40. The van der Waals surface area contributed by atoms with Gasteiger partial charge in [0.2, 0.25) is 0 Å². The van der Waals surface area contributed by atoms with Crippen LogP contribution in [0.1, 0.15) is 18.5 Å². The summed E-state index contributed by atoms with van der Waals surface area (Å²) in [6.45, 7) is 0. The molecule has 0 radical (unpaired) electrons. The second-order valence-electron chi connectivity index (χ2n) is 4.35. The van der Waals surface area contributed by atoms with Gasteiger partial charge >= 0.3 is 5.97 Å². The molecule has 0 aromatic carbocycles. The lowest BCUT2D eigenvalue weighted by molar-refractivity contribution is -0.148. The summed E-state index contributed by atoms with van der Waals surface area (Å²) in [7, 11) is 0. The number of aliphatic carboxylic acids is 1. The predicted octanol–water partition coefficient (Wildman–Crippen LogP) is 0.206. The maximum atomic E-state index is 10.9. The van der Waals surface area contributed by atoms with E-state index in [0.29, 0.717) is 24.2 Å². The van der Waals surface area contributed by atoms with Gasteiger partial charge in [0.1, 0.15) is 0 Å². The highest BCUT2D eigenvalue weighted by molar-refractivity contribution is 5.75. The number of aromatic nitrogens is 3. The molecule has 0 amide bonds. The summed E-state index contributed by atoms with van der Waals surface area (Å²) in [5.41, 5.74) is 0.539. The molecule has 0 bridgehead atoms. The van der Waals surface area contributed by atoms with Crippen molar-refractivity contribution in [2.75, 3.05) is 0 Å². The number of aliphatic hydroxyl groups is 1. The van der Waals surface area contributed by atoms with Crippen LogP contribution in [0.2, 0.25) is 0 Å². The standard InChI is InChI=1S/C11H11N3O3/c15-9(10(16)17)11(2-3-11)7-6-8-12-4-1-5-14(8)13-7/h1,4-6,9,15H,2-3H2,(H,16,17). The lowest BCUT2D eigenvalue weighted by atomic mass is 9.95. The average molecular weight is 233 g/mol. The van der Waals surface area contributed by atoms with Crippen molar-refractivity contribution in [3.8, 4) is 0 Å². The average Bonchev–Trinajstić information content (AvgIpc) is 3.01. The summed E-state index contributed by atoms with van der Waals surface area (Å²) in [6, 6.07) is 3.48. The highest BCUT2D eigenvalue weighted by atomic mass is 16.4. The zero-order valence-corrected chi connectivity index (χ0v) is 8.95. The number of rotatable bonds is 3. The van der Waals surface area contributed by atoms with Crippen LogP contribution in [0.4, 0.5) is 0 Å². The van der Waals surface area contributed by atoms with E-state index in [1.807, 2.05) is 0 Å². The van der Waals surface area contributed by atoms with E-state index >= 15 is 0 Å². The predicted molar refractivity (Wildman–Crippen MR) is 57.5 cm³/mol. The molecule has 2 aromatic heterocycles. The van der Waals surface area contributed by atoms with Gasteiger partial charge in [-0.15, -0.1) is 0 Å². The van der Waals surface area contributed by atoms with Gasteiger partial charge < -0.3 is 10.2 Å². The fourth-order valence-corrected chi connectivity index (χ4v) is 2.11. The van der Waals surface area contributed by atoms with E-state index < -0.39 is 17.5 Å². The molecule has 2 N–H and O–H groups in total. The van der Waals surface area contributed by atoms with E-state index in [9.17, 15) is 9.90 Å². The third kappa shape index (κ3) is 1.41. The number of nitrogens with zero attached hydrogens (tertiary/aromatic N) is 3. The Kier molecular flexibility index (Phi) is 1.97. The van der Waals surface area contributed by atoms with Gasteiger partial charge in [0.15, 0.2) is 11.8 Å². The van der Waals surface area contributed by atoms with Crippen molar-refractivity contribution in [2.24, 2.45) is 0 Å². The van der Waals surface area contributed by atoms with E-state index in [-0.39, 0.29) is 0 Å². The first-order valence-electron chi connectivity index (χ1n) is 5.35. The lowest BCUT2D eigenvalue weighted by Gasteiger charge is -2.15. The van der Waals surface area contributed by atoms with Crippen molar-refractivity contribution in [1.82, 2.24) is 14.6 Å². The molecule has 2 heterocycles. The minimum Gasteiger partial charge on any atom is -0.479 e. The Morgan fingerprint density at radius 2 is 2.29 bits per heavy atom. The number of carbonyl (C=O) groups is 1. The summed E-state index contributed by atoms with van der Waals surface area (Å²) in [5.74, 6) is -1.20. The molecule has 1 unspecified atom stereocenters. The SMILES string of the molecule is O=C(O)C(O)C1(c2cc3ncccn3n2)CC1. The number of hydrogen-bond donors (Lipinski definition) is 2. The highest BCUT2D eigenvalue weighted by Crippen LogP contribution is 2.50. The van der Waals surface area contributed by atoms with Crippen molar-refractivity contribution in [1.29, 1.82) is 0 Å². The Hall–Kier alpha value is -1.95. The fraction of sp³-hybridized carbons (Fsp3) is 0.364. The number of aliphatic hydroxyl groups excluding tert-OH is 1. The molecule has 2 aromatic rings. The van der Waals surface area contributed by atoms with Gasteiger partial charge in [-0.2, -0.15) is 5.10 Å². The van der Waals surface area contributed by atoms with Gasteiger partial charge in [0, 0.05) is 18.5 Å². The monoisotopic (exact) mass is 233 g/mol. The first-order chi connectivity index (χ1) is 8.13. The number of hydrogen-bond acceptors (Lipinski definition) is 4. The van der Waals surface area contributed by atoms with Crippen molar-refractivity contribution in [2.45, 2.75) is 24.4 Å². The second-order valence-corrected chi connectivity index (χ2v) is 4.35. The lowest BCUT2D eigenvalue weighted by Crippen LogP contribution is -2.34. The summed E-state index contributed by atoms with van der Waals surface area (Å²) < 4.78 is 1.59. The van der Waals surface area contributed by atoms with E-state index in [2.05, 4.69) is 10.1 Å². The van der Waals surface area contributed by atoms with Gasteiger partial charge in [-0.05, 0) is 18.9 Å². The quantitative estimate of drug-likeness (QED) is 0.791. The molecule has 88 valence electrons. The third-order valence-electron chi connectivity index (χ3n) is 3.29. The first-order valence-corrected chi connectivity index (χ1v) is 5.35. The smallest absolute Gasteiger partial charge is 0.333 e. The van der Waals surface area contributed by atoms with Crippen LogP contribution in [0, 0.1) is 0 Å². The Morgan fingerprint density at radius 1 is 1.53 bits per heavy atom. The highest BCUT2D eigenvalue weighted by Gasteiger charge is 2.55. The molecule has 6 heteroatoms. The van der Waals surface area contributed by atoms with Crippen molar-refractivity contribution in [3.05, 3.63) is 30.2 Å². The third-order valence-corrected chi connectivity index (χ3v) is 3.29. The van der Waals surface area contributed by atoms with Crippen molar-refractivity contribution in [3.63, 3.8) is 0 Å². The molecular formula is C11H11N3O3. The van der Waals surface area contributed by atoms with Crippen molar-refractivity contribution >= 4 is 11.6 Å². The molecule has 1 atom stereocenters. The molecule has 0 aliphatic heterocycles. The van der Waals surface area contributed by atoms with Crippen LogP contribution in [-0.2, 0) is 10.2 Å². The van der Waals surface area contributed by atoms with E-state index in [1.54, 1.807) is 29.0 Å². The maximum Gasteiger partial charge on any atom is 0.333 e. The largest absolute Gasteiger partial charge is 0.479 e. The summed E-state index contributed by atoms with van der Waals surface area (Å²) in [5, 5.41) is 22.9. The second kappa shape index (κ2) is 3.27. The first kappa shape index (κ1) is 10.2. The molecular weight excluding hydrogens is 222 g/mol. The van der Waals surface area contributed by atoms with E-state index in [1.165, 1.54) is 0 Å². The topological polar surface area (TPSA) is 87.7 Å². The van der Waals surface area contributed by atoms with Gasteiger partial charge in [0.25, 0.3) is 0 Å². The normalized spacial score (nSPS) is 19.1. The van der Waals surface area contributed by atoms with Gasteiger partial charge in [-0.25, -0.2) is 14.3 Å². The summed E-state index contributed by atoms with van der Waals surface area (Å²) in [4.78, 5) is 15.0. The van der Waals surface area contributed by atoms with Gasteiger partial charge in [-0.3, -0.25) is 0 Å². The molecule has 1 aliphatic rings. The van der Waals surface area contributed by atoms with Gasteiger partial charge in [0.05, 0.1) is 11.1 Å². The number of fused-ring (bicyclic) bond motifs is 1. The molecule has 0 saturated heterocycles. The molecule has 1 saturated carbocycles. The number of carboxylic acids is 1. The fourth-order valence-electron chi connectivity index (χ4n) is 2.11. The molecule has 1 aliphatic carbocycles. The van der Waals surface area contributed by atoms with Crippen LogP contribution in [0.25, 0.3) is 5.65 Å². The molecule has 1 fully saturated rings. The van der Waals surface area contributed by atoms with Crippen molar-refractivity contribution < 1.29 is 15.0 Å². The minimum absolute atomic E-state index is 0.603. The Labute approximate surface area is 96.5 Å². The zero-order valence-electron chi connectivity index (χ0n) is 8.95. The van der Waals surface area contributed by atoms with E-state index in [0.717, 1.165) is 0 Å². The molecule has 3 rings (SSSR count). The van der Waals surface area contributed by atoms with Crippen LogP contribution in [0.5, 0.6) is 0 Å². The Balaban J connectivity index is 2.06. The summed E-state index contributed by atoms with van der Waals surface area (Å²) >= 11 is 0.